The number of rotatable bonds is 6. The van der Waals surface area contributed by atoms with Crippen molar-refractivity contribution in [3.8, 4) is 11.5 Å². The van der Waals surface area contributed by atoms with E-state index in [-0.39, 0.29) is 31.5 Å². The van der Waals surface area contributed by atoms with Crippen LogP contribution in [-0.4, -0.2) is 47.8 Å². The Kier molecular flexibility index (Phi) is 6.19. The van der Waals surface area contributed by atoms with Gasteiger partial charge in [-0.1, -0.05) is 17.7 Å². The summed E-state index contributed by atoms with van der Waals surface area (Å²) in [5, 5.41) is 11.4. The van der Waals surface area contributed by atoms with Gasteiger partial charge in [0.15, 0.2) is 6.61 Å². The SMILES string of the molecule is O=C(COc1ccc(F)cc1)N1CCCC(O)(COc2cccc(Cl)c2)C1. The molecule has 1 fully saturated rings. The van der Waals surface area contributed by atoms with Crippen LogP contribution in [0.1, 0.15) is 12.8 Å². The van der Waals surface area contributed by atoms with Gasteiger partial charge in [0.2, 0.25) is 0 Å². The molecule has 0 aromatic heterocycles. The average Bonchev–Trinajstić information content (AvgIpc) is 2.66. The molecule has 1 unspecified atom stereocenters. The second kappa shape index (κ2) is 8.59. The predicted octanol–water partition coefficient (Wildman–Crippen LogP) is 3.29. The van der Waals surface area contributed by atoms with Crippen LogP contribution < -0.4 is 9.47 Å². The number of piperidine rings is 1. The topological polar surface area (TPSA) is 59.0 Å². The number of hydrogen-bond donors (Lipinski definition) is 1. The number of amides is 1. The summed E-state index contributed by atoms with van der Waals surface area (Å²) in [6.45, 7) is 0.608. The minimum absolute atomic E-state index is 0.0654. The van der Waals surface area contributed by atoms with Crippen LogP contribution in [-0.2, 0) is 4.79 Å². The molecule has 7 heteroatoms. The number of ether oxygens (including phenoxy) is 2. The van der Waals surface area contributed by atoms with Crippen LogP contribution in [0.4, 0.5) is 4.39 Å². The third-order valence-electron chi connectivity index (χ3n) is 4.39. The van der Waals surface area contributed by atoms with Crippen molar-refractivity contribution >= 4 is 17.5 Å². The van der Waals surface area contributed by atoms with Crippen LogP contribution in [0.15, 0.2) is 48.5 Å². The average molecular weight is 394 g/mol. The van der Waals surface area contributed by atoms with E-state index in [0.29, 0.717) is 35.9 Å². The van der Waals surface area contributed by atoms with Crippen molar-refractivity contribution in [1.82, 2.24) is 4.90 Å². The summed E-state index contributed by atoms with van der Waals surface area (Å²) >= 11 is 5.93. The van der Waals surface area contributed by atoms with E-state index >= 15 is 0 Å². The van der Waals surface area contributed by atoms with E-state index < -0.39 is 5.60 Å². The molecule has 2 aromatic rings. The van der Waals surface area contributed by atoms with Gasteiger partial charge in [-0.3, -0.25) is 4.79 Å². The predicted molar refractivity (Wildman–Crippen MR) is 99.6 cm³/mol. The van der Waals surface area contributed by atoms with E-state index in [1.54, 1.807) is 29.2 Å². The minimum Gasteiger partial charge on any atom is -0.490 e. The molecule has 1 aliphatic rings. The second-order valence-corrected chi connectivity index (χ2v) is 7.07. The number of halogens is 2. The highest BCUT2D eigenvalue weighted by Crippen LogP contribution is 2.24. The first-order valence-electron chi connectivity index (χ1n) is 8.70. The highest BCUT2D eigenvalue weighted by molar-refractivity contribution is 6.30. The van der Waals surface area contributed by atoms with Gasteiger partial charge in [-0.05, 0) is 55.3 Å². The summed E-state index contributed by atoms with van der Waals surface area (Å²) in [5.41, 5.74) is -1.13. The van der Waals surface area contributed by atoms with Crippen molar-refractivity contribution in [2.75, 3.05) is 26.3 Å². The fraction of sp³-hybridized carbons (Fsp3) is 0.350. The van der Waals surface area contributed by atoms with E-state index in [9.17, 15) is 14.3 Å². The number of aliphatic hydroxyl groups is 1. The van der Waals surface area contributed by atoms with Gasteiger partial charge in [-0.25, -0.2) is 4.39 Å². The second-order valence-electron chi connectivity index (χ2n) is 6.63. The molecule has 0 aliphatic carbocycles. The maximum Gasteiger partial charge on any atom is 0.260 e. The van der Waals surface area contributed by atoms with Crippen LogP contribution in [0.5, 0.6) is 11.5 Å². The lowest BCUT2D eigenvalue weighted by molar-refractivity contribution is -0.142. The zero-order valence-electron chi connectivity index (χ0n) is 14.7. The molecule has 1 amide bonds. The van der Waals surface area contributed by atoms with Gasteiger partial charge in [-0.2, -0.15) is 0 Å². The number of carbonyl (C=O) groups is 1. The molecule has 0 radical (unpaired) electrons. The molecule has 1 saturated heterocycles. The van der Waals surface area contributed by atoms with Gasteiger partial charge >= 0.3 is 0 Å². The van der Waals surface area contributed by atoms with E-state index in [1.165, 1.54) is 24.3 Å². The number of carbonyl (C=O) groups excluding carboxylic acids is 1. The van der Waals surface area contributed by atoms with E-state index in [2.05, 4.69) is 0 Å². The molecule has 3 rings (SSSR count). The summed E-state index contributed by atoms with van der Waals surface area (Å²) in [4.78, 5) is 14.0. The third kappa shape index (κ3) is 5.58. The van der Waals surface area contributed by atoms with Gasteiger partial charge in [-0.15, -0.1) is 0 Å². The van der Waals surface area contributed by atoms with Crippen molar-refractivity contribution in [3.05, 3.63) is 59.4 Å². The van der Waals surface area contributed by atoms with Gasteiger partial charge < -0.3 is 19.5 Å². The number of hydrogen-bond acceptors (Lipinski definition) is 4. The Morgan fingerprint density at radius 3 is 2.70 bits per heavy atom. The number of nitrogens with zero attached hydrogens (tertiary/aromatic N) is 1. The Morgan fingerprint density at radius 1 is 1.19 bits per heavy atom. The van der Waals surface area contributed by atoms with Gasteiger partial charge in [0.25, 0.3) is 5.91 Å². The quantitative estimate of drug-likeness (QED) is 0.818. The van der Waals surface area contributed by atoms with Crippen molar-refractivity contribution < 1.29 is 23.8 Å². The van der Waals surface area contributed by atoms with Crippen LogP contribution >= 0.6 is 11.6 Å². The summed E-state index contributed by atoms with van der Waals surface area (Å²) in [6.07, 6.45) is 1.20. The van der Waals surface area contributed by atoms with E-state index in [1.807, 2.05) is 0 Å². The lowest BCUT2D eigenvalue weighted by atomic mass is 9.93. The molecule has 27 heavy (non-hydrogen) atoms. The lowest BCUT2D eigenvalue weighted by Gasteiger charge is -2.38. The number of likely N-dealkylation sites (tertiary alicyclic amines) is 1. The first-order chi connectivity index (χ1) is 12.9. The van der Waals surface area contributed by atoms with Crippen molar-refractivity contribution in [2.24, 2.45) is 0 Å². The van der Waals surface area contributed by atoms with Crippen molar-refractivity contribution in [1.29, 1.82) is 0 Å². The van der Waals surface area contributed by atoms with Crippen LogP contribution in [0.3, 0.4) is 0 Å². The molecule has 1 heterocycles. The highest BCUT2D eigenvalue weighted by Gasteiger charge is 2.36. The molecule has 1 N–H and O–H groups in total. The third-order valence-corrected chi connectivity index (χ3v) is 4.62. The Hall–Kier alpha value is -2.31. The van der Waals surface area contributed by atoms with Gasteiger partial charge in [0.1, 0.15) is 29.5 Å². The van der Waals surface area contributed by atoms with Gasteiger partial charge in [0, 0.05) is 11.6 Å². The van der Waals surface area contributed by atoms with Gasteiger partial charge in [0.05, 0.1) is 6.54 Å². The zero-order valence-corrected chi connectivity index (χ0v) is 15.5. The smallest absolute Gasteiger partial charge is 0.260 e. The standard InChI is InChI=1S/C20H21ClFNO4/c21-15-3-1-4-18(11-15)27-14-20(25)9-2-10-23(13-20)19(24)12-26-17-7-5-16(22)6-8-17/h1,3-8,11,25H,2,9-10,12-14H2. The lowest BCUT2D eigenvalue weighted by Crippen LogP contribution is -2.54. The molecule has 0 bridgehead atoms. The van der Waals surface area contributed by atoms with Crippen molar-refractivity contribution in [2.45, 2.75) is 18.4 Å². The van der Waals surface area contributed by atoms with E-state index in [4.69, 9.17) is 21.1 Å². The first kappa shape index (κ1) is 19.5. The van der Waals surface area contributed by atoms with E-state index in [0.717, 1.165) is 0 Å². The molecule has 0 spiro atoms. The summed E-state index contributed by atoms with van der Waals surface area (Å²) in [6, 6.07) is 12.4. The molecule has 1 aliphatic heterocycles. The van der Waals surface area contributed by atoms with Crippen LogP contribution in [0, 0.1) is 5.82 Å². The molecular weight excluding hydrogens is 373 g/mol. The Labute approximate surface area is 162 Å². The summed E-state index contributed by atoms with van der Waals surface area (Å²) in [5.74, 6) is 0.384. The Bertz CT molecular complexity index is 786. The van der Waals surface area contributed by atoms with Crippen LogP contribution in [0.25, 0.3) is 0 Å². The number of benzene rings is 2. The van der Waals surface area contributed by atoms with Crippen LogP contribution in [0.2, 0.25) is 5.02 Å². The molecule has 5 nitrogen and oxygen atoms in total. The largest absolute Gasteiger partial charge is 0.490 e. The maximum atomic E-state index is 12.9. The first-order valence-corrected chi connectivity index (χ1v) is 9.08. The molecular formula is C20H21ClFNO4. The molecule has 1 atom stereocenters. The molecule has 2 aromatic carbocycles. The number of β-amino-alcohol motifs (C(OH)–C–C–N with tert-alkyl or cyclic N) is 1. The molecule has 144 valence electrons. The Balaban J connectivity index is 1.52. The molecule has 0 saturated carbocycles. The zero-order chi connectivity index (χ0) is 19.3. The minimum atomic E-state index is -1.13. The van der Waals surface area contributed by atoms with Crippen molar-refractivity contribution in [3.63, 3.8) is 0 Å². The summed E-state index contributed by atoms with van der Waals surface area (Å²) < 4.78 is 24.0. The Morgan fingerprint density at radius 2 is 1.96 bits per heavy atom. The summed E-state index contributed by atoms with van der Waals surface area (Å²) in [7, 11) is 0. The monoisotopic (exact) mass is 393 g/mol. The normalized spacial score (nSPS) is 19.6. The highest BCUT2D eigenvalue weighted by atomic mass is 35.5. The fourth-order valence-electron chi connectivity index (χ4n) is 2.98. The maximum absolute atomic E-state index is 12.9. The fourth-order valence-corrected chi connectivity index (χ4v) is 3.16.